The third kappa shape index (κ3) is 0.751. The van der Waals surface area contributed by atoms with Crippen LogP contribution in [0.1, 0.15) is 6.92 Å². The zero-order valence-corrected chi connectivity index (χ0v) is 8.92. The molecule has 5 aliphatic rings. The van der Waals surface area contributed by atoms with Crippen LogP contribution in [0.2, 0.25) is 0 Å². The summed E-state index contributed by atoms with van der Waals surface area (Å²) in [6, 6.07) is 0. The molecule has 0 radical (unpaired) electrons. The maximum atomic E-state index is 11.7. The Labute approximate surface area is 93.2 Å². The highest BCUT2D eigenvalue weighted by Gasteiger charge is 2.62. The zero-order chi connectivity index (χ0) is 11.0. The fraction of sp³-hybridized carbons (Fsp3) is 0.538. The molecular weight excluding hydrogens is 204 g/mol. The van der Waals surface area contributed by atoms with E-state index >= 15 is 0 Å². The summed E-state index contributed by atoms with van der Waals surface area (Å²) in [6.07, 6.45) is 6.50. The summed E-state index contributed by atoms with van der Waals surface area (Å²) < 4.78 is 4.81. The van der Waals surface area contributed by atoms with E-state index in [0.29, 0.717) is 11.8 Å². The van der Waals surface area contributed by atoms with Crippen molar-refractivity contribution in [1.29, 1.82) is 0 Å². The second-order valence-electron chi connectivity index (χ2n) is 5.35. The van der Waals surface area contributed by atoms with Crippen LogP contribution in [0.4, 0.5) is 0 Å². The predicted octanol–water partition coefficient (Wildman–Crippen LogP) is 1.31. The summed E-state index contributed by atoms with van der Waals surface area (Å²) in [7, 11) is 0. The molecular formula is C13H12O3. The molecule has 1 aliphatic heterocycles. The summed E-state index contributed by atoms with van der Waals surface area (Å²) in [6.45, 7) is 2.12. The summed E-state index contributed by atoms with van der Waals surface area (Å²) in [4.78, 5) is 23.4. The van der Waals surface area contributed by atoms with E-state index in [4.69, 9.17) is 4.74 Å². The first-order chi connectivity index (χ1) is 7.68. The summed E-state index contributed by atoms with van der Waals surface area (Å²) in [5, 5.41) is 0. The molecule has 0 N–H and O–H groups in total. The monoisotopic (exact) mass is 216 g/mol. The lowest BCUT2D eigenvalue weighted by Gasteiger charge is -2.53. The molecule has 1 saturated carbocycles. The van der Waals surface area contributed by atoms with E-state index in [9.17, 15) is 9.59 Å². The molecule has 1 saturated heterocycles. The van der Waals surface area contributed by atoms with Crippen molar-refractivity contribution in [2.75, 3.05) is 0 Å². The maximum Gasteiger partial charge on any atom is 0.318 e. The van der Waals surface area contributed by atoms with Crippen molar-refractivity contribution in [3.63, 3.8) is 0 Å². The topological polar surface area (TPSA) is 43.4 Å². The Bertz CT molecular complexity index is 474. The molecule has 0 amide bonds. The molecule has 3 heteroatoms. The standard InChI is InChI=1S/C13H12O3/c1-5-4-8-6-2-3-7(9(5)8)11-10(6)12(14)16-13(11)15/h2-4,6-11H,1H3/t6-,7+,8-,9+,10-,11-/m1/s1. The first-order valence-electron chi connectivity index (χ1n) is 5.80. The van der Waals surface area contributed by atoms with E-state index in [1.807, 2.05) is 0 Å². The van der Waals surface area contributed by atoms with E-state index in [-0.39, 0.29) is 35.6 Å². The Balaban J connectivity index is 1.86. The van der Waals surface area contributed by atoms with Crippen LogP contribution in [0.25, 0.3) is 0 Å². The molecule has 0 aromatic rings. The molecule has 16 heavy (non-hydrogen) atoms. The molecule has 4 aliphatic carbocycles. The van der Waals surface area contributed by atoms with Crippen molar-refractivity contribution < 1.29 is 14.3 Å². The third-order valence-corrected chi connectivity index (χ3v) is 4.77. The van der Waals surface area contributed by atoms with E-state index in [2.05, 4.69) is 25.2 Å². The van der Waals surface area contributed by atoms with Crippen LogP contribution in [0, 0.1) is 35.5 Å². The molecule has 0 aromatic heterocycles. The first-order valence-corrected chi connectivity index (χ1v) is 5.80. The average Bonchev–Trinajstić information content (AvgIpc) is 2.54. The Morgan fingerprint density at radius 3 is 2.25 bits per heavy atom. The van der Waals surface area contributed by atoms with Gasteiger partial charge >= 0.3 is 11.9 Å². The smallest absolute Gasteiger partial charge is 0.318 e. The van der Waals surface area contributed by atoms with E-state index in [0.717, 1.165) is 0 Å². The van der Waals surface area contributed by atoms with Gasteiger partial charge in [0.05, 0.1) is 11.8 Å². The van der Waals surface area contributed by atoms with Crippen molar-refractivity contribution in [3.05, 3.63) is 23.8 Å². The maximum absolute atomic E-state index is 11.7. The van der Waals surface area contributed by atoms with Gasteiger partial charge in [0.1, 0.15) is 0 Å². The minimum Gasteiger partial charge on any atom is -0.393 e. The number of hydrogen-bond donors (Lipinski definition) is 0. The number of allylic oxidation sites excluding steroid dienone is 4. The Hall–Kier alpha value is -1.38. The van der Waals surface area contributed by atoms with Gasteiger partial charge in [0.2, 0.25) is 0 Å². The van der Waals surface area contributed by atoms with Gasteiger partial charge in [-0.2, -0.15) is 0 Å². The number of carbonyl (C=O) groups excluding carboxylic acids is 2. The average molecular weight is 216 g/mol. The minimum atomic E-state index is -0.300. The number of rotatable bonds is 0. The lowest BCUT2D eigenvalue weighted by atomic mass is 9.48. The van der Waals surface area contributed by atoms with Gasteiger partial charge in [0, 0.05) is 0 Å². The van der Waals surface area contributed by atoms with Crippen molar-refractivity contribution in [2.24, 2.45) is 35.5 Å². The number of carbonyl (C=O) groups is 2. The quantitative estimate of drug-likeness (QED) is 0.348. The Kier molecular flexibility index (Phi) is 1.35. The fourth-order valence-electron chi connectivity index (χ4n) is 4.14. The predicted molar refractivity (Wildman–Crippen MR) is 54.9 cm³/mol. The molecule has 6 atom stereocenters. The van der Waals surface area contributed by atoms with Crippen molar-refractivity contribution >= 4 is 11.9 Å². The van der Waals surface area contributed by atoms with Crippen LogP contribution in [0.15, 0.2) is 23.8 Å². The molecule has 5 rings (SSSR count). The number of cyclic esters (lactones) is 2. The van der Waals surface area contributed by atoms with Crippen molar-refractivity contribution in [1.82, 2.24) is 0 Å². The Morgan fingerprint density at radius 1 is 0.938 bits per heavy atom. The second kappa shape index (κ2) is 2.47. The van der Waals surface area contributed by atoms with E-state index in [1.54, 1.807) is 0 Å². The second-order valence-corrected chi connectivity index (χ2v) is 5.35. The zero-order valence-electron chi connectivity index (χ0n) is 8.92. The van der Waals surface area contributed by atoms with Crippen LogP contribution >= 0.6 is 0 Å². The molecule has 2 bridgehead atoms. The summed E-state index contributed by atoms with van der Waals surface area (Å²) in [5.74, 6) is 0.342. The largest absolute Gasteiger partial charge is 0.393 e. The van der Waals surface area contributed by atoms with Crippen molar-refractivity contribution in [2.45, 2.75) is 6.92 Å². The van der Waals surface area contributed by atoms with Crippen molar-refractivity contribution in [3.8, 4) is 0 Å². The van der Waals surface area contributed by atoms with Gasteiger partial charge in [-0.3, -0.25) is 9.59 Å². The number of ether oxygens (including phenoxy) is 1. The van der Waals surface area contributed by atoms with Crippen LogP contribution in [-0.2, 0) is 14.3 Å². The Morgan fingerprint density at radius 2 is 1.56 bits per heavy atom. The normalized spacial score (nSPS) is 51.7. The molecule has 0 aromatic carbocycles. The fourth-order valence-corrected chi connectivity index (χ4v) is 4.14. The molecule has 0 spiro atoms. The van der Waals surface area contributed by atoms with Gasteiger partial charge in [-0.1, -0.05) is 23.8 Å². The molecule has 0 unspecified atom stereocenters. The molecule has 2 fully saturated rings. The highest BCUT2D eigenvalue weighted by Crippen LogP contribution is 2.60. The van der Waals surface area contributed by atoms with Gasteiger partial charge in [-0.15, -0.1) is 0 Å². The van der Waals surface area contributed by atoms with Crippen LogP contribution in [0.3, 0.4) is 0 Å². The van der Waals surface area contributed by atoms with Gasteiger partial charge < -0.3 is 4.74 Å². The van der Waals surface area contributed by atoms with Crippen LogP contribution < -0.4 is 0 Å². The lowest BCUT2D eigenvalue weighted by molar-refractivity contribution is -0.154. The van der Waals surface area contributed by atoms with E-state index in [1.165, 1.54) is 5.57 Å². The summed E-state index contributed by atoms with van der Waals surface area (Å²) >= 11 is 0. The number of esters is 2. The van der Waals surface area contributed by atoms with Gasteiger partial charge in [0.15, 0.2) is 0 Å². The molecule has 3 nitrogen and oxygen atoms in total. The van der Waals surface area contributed by atoms with E-state index < -0.39 is 0 Å². The van der Waals surface area contributed by atoms with Gasteiger partial charge in [0.25, 0.3) is 0 Å². The first kappa shape index (κ1) is 8.74. The lowest BCUT2D eigenvalue weighted by Crippen LogP contribution is -2.52. The molecule has 82 valence electrons. The SMILES string of the molecule is CC1=C[C@@H]2[C@H]3C=C[C@@H]([C@H]12)[C@H]1C(=O)OC(=O)[C@H]31. The highest BCUT2D eigenvalue weighted by molar-refractivity contribution is 5.97. The summed E-state index contributed by atoms with van der Waals surface area (Å²) in [5.41, 5.74) is 1.37. The number of hydrogen-bond acceptors (Lipinski definition) is 3. The highest BCUT2D eigenvalue weighted by atomic mass is 16.6. The third-order valence-electron chi connectivity index (χ3n) is 4.77. The van der Waals surface area contributed by atoms with Gasteiger partial charge in [-0.25, -0.2) is 0 Å². The molecule has 1 heterocycles. The van der Waals surface area contributed by atoms with Gasteiger partial charge in [-0.05, 0) is 30.6 Å². The minimum absolute atomic E-state index is 0.197. The van der Waals surface area contributed by atoms with Crippen LogP contribution in [-0.4, -0.2) is 11.9 Å². The van der Waals surface area contributed by atoms with Crippen LogP contribution in [0.5, 0.6) is 0 Å².